The number of Topliss-reactive ketones (excluding diaryl/α,β-unsaturated/α-hetero) is 1. The first-order valence-electron chi connectivity index (χ1n) is 15.0. The van der Waals surface area contributed by atoms with Crippen molar-refractivity contribution < 1.29 is 47.4 Å². The van der Waals surface area contributed by atoms with E-state index in [1.807, 2.05) is 6.92 Å². The highest BCUT2D eigenvalue weighted by Crippen LogP contribution is 2.36. The van der Waals surface area contributed by atoms with E-state index in [9.17, 15) is 42.6 Å². The number of aliphatic hydroxyl groups is 2. The minimum atomic E-state index is -3.52. The third kappa shape index (κ3) is 7.11. The molecule has 252 valence electrons. The van der Waals surface area contributed by atoms with Crippen LogP contribution in [0.25, 0.3) is 0 Å². The number of nitrogens with one attached hydrogen (secondary N) is 1. The molecule has 0 saturated carbocycles. The minimum Gasteiger partial charge on any atom is -0.395 e. The summed E-state index contributed by atoms with van der Waals surface area (Å²) in [6.45, 7) is 5.55. The lowest BCUT2D eigenvalue weighted by atomic mass is 9.84. The Bertz CT molecular complexity index is 1900. The Morgan fingerprint density at radius 1 is 1.15 bits per heavy atom. The van der Waals surface area contributed by atoms with Gasteiger partial charge in [0.25, 0.3) is 5.56 Å². The van der Waals surface area contributed by atoms with Gasteiger partial charge in [0.05, 0.1) is 27.9 Å². The van der Waals surface area contributed by atoms with Crippen LogP contribution in [-0.2, 0) is 40.8 Å². The van der Waals surface area contributed by atoms with Crippen LogP contribution in [0, 0.1) is 12.8 Å². The summed E-state index contributed by atoms with van der Waals surface area (Å²) in [5.41, 5.74) is 1.82. The van der Waals surface area contributed by atoms with Crippen molar-refractivity contribution in [1.29, 1.82) is 0 Å². The molecule has 0 bridgehead atoms. The van der Waals surface area contributed by atoms with Gasteiger partial charge in [-0.1, -0.05) is 24.6 Å². The quantitative estimate of drug-likeness (QED) is 0.174. The second-order valence-electron chi connectivity index (χ2n) is 11.5. The molecule has 1 aromatic carbocycles. The third-order valence-electron chi connectivity index (χ3n) is 8.38. The van der Waals surface area contributed by atoms with Crippen molar-refractivity contribution in [2.24, 2.45) is 18.1 Å². The summed E-state index contributed by atoms with van der Waals surface area (Å²) in [4.78, 5) is 66.0. The van der Waals surface area contributed by atoms with Crippen LogP contribution in [0.2, 0.25) is 0 Å². The highest BCUT2D eigenvalue weighted by Gasteiger charge is 2.43. The average Bonchev–Trinajstić information content (AvgIpc) is 3.73. The molecule has 0 radical (unpaired) electrons. The van der Waals surface area contributed by atoms with Crippen LogP contribution in [0.5, 0.6) is 0 Å². The van der Waals surface area contributed by atoms with Crippen LogP contribution < -0.4 is 5.56 Å². The van der Waals surface area contributed by atoms with Gasteiger partial charge in [0.2, 0.25) is 0 Å². The van der Waals surface area contributed by atoms with E-state index in [0.29, 0.717) is 48.3 Å². The summed E-state index contributed by atoms with van der Waals surface area (Å²) in [6, 6.07) is 2.81. The van der Waals surface area contributed by atoms with Gasteiger partial charge in [-0.05, 0) is 43.5 Å². The number of carbonyl (C=O) groups is 4. The van der Waals surface area contributed by atoms with Gasteiger partial charge in [0.15, 0.2) is 21.4 Å². The molecule has 1 aliphatic carbocycles. The SMILES string of the molecule is C/C=C1/CC2=C(C(=O)OC2=O)[C@@H](CCC)[C@H](O)C(=O)C[C@@H]1O.Cc1c(C(=O)c2c[nH]n(C)c2=O)ccc(S(C)(=O)=O)c1C1=NOCC1. The van der Waals surface area contributed by atoms with E-state index >= 15 is 0 Å². The summed E-state index contributed by atoms with van der Waals surface area (Å²) in [6.07, 6.45) is 2.84. The smallest absolute Gasteiger partial charge is 0.342 e. The van der Waals surface area contributed by atoms with Crippen molar-refractivity contribution >= 4 is 39.1 Å². The molecule has 0 amide bonds. The Kier molecular flexibility index (Phi) is 10.6. The number of oxime groups is 1. The van der Waals surface area contributed by atoms with Crippen LogP contribution in [0.15, 0.2) is 56.0 Å². The first kappa shape index (κ1) is 35.4. The molecule has 0 saturated heterocycles. The lowest BCUT2D eigenvalue weighted by molar-refractivity contribution is -0.151. The number of benzene rings is 1. The molecule has 3 aliphatic rings. The molecule has 2 aromatic rings. The van der Waals surface area contributed by atoms with E-state index in [4.69, 9.17) is 4.84 Å². The first-order chi connectivity index (χ1) is 22.1. The standard InChI is InChI=1S/C16H17N3O5S.C16H20O6/c1-9-10(15(20)11-8-17-19(2)16(11)21)4-5-13(25(3,22)23)14(9)12-6-7-24-18-12;1-3-5-9-13-10(15(20)22-16(13)21)6-8(4-2)11(17)7-12(18)14(9)19/h4-5,8,17H,6-7H2,1-3H3;4,9,11,14,17,19H,3,5-7H2,1-2H3/b;8-4-/t;9-,11+,14+/m.1/s1. The molecule has 0 unspecified atom stereocenters. The molecule has 2 aliphatic heterocycles. The number of aromatic nitrogens is 2. The highest BCUT2D eigenvalue weighted by molar-refractivity contribution is 7.90. The zero-order valence-corrected chi connectivity index (χ0v) is 27.5. The van der Waals surface area contributed by atoms with Gasteiger partial charge in [0.1, 0.15) is 18.3 Å². The monoisotopic (exact) mass is 671 g/mol. The number of ether oxygens (including phenoxy) is 1. The van der Waals surface area contributed by atoms with Crippen LogP contribution in [0.1, 0.15) is 73.0 Å². The Morgan fingerprint density at radius 2 is 1.85 bits per heavy atom. The summed E-state index contributed by atoms with van der Waals surface area (Å²) < 4.78 is 30.1. The van der Waals surface area contributed by atoms with Crippen molar-refractivity contribution in [2.75, 3.05) is 12.9 Å². The Labute approximate surface area is 270 Å². The van der Waals surface area contributed by atoms with E-state index < -0.39 is 57.0 Å². The number of aryl methyl sites for hydroxylation is 1. The number of carbonyl (C=O) groups excluding carboxylic acids is 4. The van der Waals surface area contributed by atoms with Gasteiger partial charge in [-0.15, -0.1) is 0 Å². The fourth-order valence-corrected chi connectivity index (χ4v) is 6.84. The van der Waals surface area contributed by atoms with Gasteiger partial charge in [0, 0.05) is 55.8 Å². The molecule has 15 heteroatoms. The summed E-state index contributed by atoms with van der Waals surface area (Å²) in [5.74, 6) is -3.33. The number of esters is 2. The predicted molar refractivity (Wildman–Crippen MR) is 167 cm³/mol. The fraction of sp³-hybridized carbons (Fsp3) is 0.438. The number of hydrogen-bond donors (Lipinski definition) is 3. The van der Waals surface area contributed by atoms with Gasteiger partial charge < -0.3 is 24.9 Å². The molecular weight excluding hydrogens is 634 g/mol. The summed E-state index contributed by atoms with van der Waals surface area (Å²) in [7, 11) is -2.02. The number of nitrogens with zero attached hydrogens (tertiary/aromatic N) is 2. The van der Waals surface area contributed by atoms with Gasteiger partial charge in [-0.3, -0.25) is 19.1 Å². The maximum absolute atomic E-state index is 12.8. The van der Waals surface area contributed by atoms with E-state index in [1.165, 1.54) is 30.1 Å². The number of rotatable bonds is 6. The maximum Gasteiger partial charge on any atom is 0.342 e. The molecule has 14 nitrogen and oxygen atoms in total. The number of aliphatic hydroxyl groups excluding tert-OH is 2. The molecule has 3 atom stereocenters. The number of hydrogen-bond acceptors (Lipinski definition) is 12. The van der Waals surface area contributed by atoms with Crippen molar-refractivity contribution in [3.63, 3.8) is 0 Å². The number of allylic oxidation sites excluding steroid dienone is 1. The van der Waals surface area contributed by atoms with Gasteiger partial charge >= 0.3 is 11.9 Å². The largest absolute Gasteiger partial charge is 0.395 e. The second kappa shape index (κ2) is 14.1. The molecule has 0 fully saturated rings. The van der Waals surface area contributed by atoms with Gasteiger partial charge in [-0.2, -0.15) is 0 Å². The molecule has 0 spiro atoms. The number of sulfone groups is 1. The van der Waals surface area contributed by atoms with E-state index in [0.717, 1.165) is 6.26 Å². The number of aromatic amines is 1. The molecule has 47 heavy (non-hydrogen) atoms. The van der Waals surface area contributed by atoms with Crippen molar-refractivity contribution in [1.82, 2.24) is 9.78 Å². The average molecular weight is 672 g/mol. The zero-order valence-electron chi connectivity index (χ0n) is 26.7. The molecule has 1 aromatic heterocycles. The van der Waals surface area contributed by atoms with Crippen LogP contribution in [0.3, 0.4) is 0 Å². The Balaban J connectivity index is 0.000000215. The topological polar surface area (TPSA) is 211 Å². The van der Waals surface area contributed by atoms with Gasteiger partial charge in [-0.25, -0.2) is 18.0 Å². The van der Waals surface area contributed by atoms with E-state index in [2.05, 4.69) is 15.0 Å². The number of cyclic esters (lactones) is 2. The Hall–Kier alpha value is -4.47. The number of H-pyrrole nitrogens is 1. The maximum atomic E-state index is 12.8. The van der Waals surface area contributed by atoms with E-state index in [-0.39, 0.29) is 40.0 Å². The first-order valence-corrected chi connectivity index (χ1v) is 16.9. The number of ketones is 2. The Morgan fingerprint density at radius 3 is 2.40 bits per heavy atom. The molecule has 5 rings (SSSR count). The van der Waals surface area contributed by atoms with Crippen LogP contribution in [-0.4, -0.2) is 82.7 Å². The zero-order chi connectivity index (χ0) is 34.8. The lowest BCUT2D eigenvalue weighted by Crippen LogP contribution is -2.34. The normalized spacial score (nSPS) is 22.4. The minimum absolute atomic E-state index is 0.00623. The molecule has 3 heterocycles. The lowest BCUT2D eigenvalue weighted by Gasteiger charge is -2.21. The molecular formula is C32H37N3O11S. The fourth-order valence-electron chi connectivity index (χ4n) is 5.88. The third-order valence-corrected chi connectivity index (χ3v) is 9.52. The van der Waals surface area contributed by atoms with Crippen molar-refractivity contribution in [3.8, 4) is 0 Å². The van der Waals surface area contributed by atoms with E-state index in [1.54, 1.807) is 19.9 Å². The van der Waals surface area contributed by atoms with Crippen LogP contribution >= 0.6 is 0 Å². The van der Waals surface area contributed by atoms with Crippen molar-refractivity contribution in [2.45, 2.75) is 70.0 Å². The predicted octanol–water partition coefficient (Wildman–Crippen LogP) is 1.59. The van der Waals surface area contributed by atoms with Crippen molar-refractivity contribution in [3.05, 3.63) is 73.7 Å². The second-order valence-corrected chi connectivity index (χ2v) is 13.5. The molecule has 3 N–H and O–H groups in total. The summed E-state index contributed by atoms with van der Waals surface area (Å²) >= 11 is 0. The van der Waals surface area contributed by atoms with Crippen LogP contribution in [0.4, 0.5) is 0 Å². The highest BCUT2D eigenvalue weighted by atomic mass is 32.2. The summed E-state index contributed by atoms with van der Waals surface area (Å²) in [5, 5.41) is 27.0.